The van der Waals surface area contributed by atoms with Crippen LogP contribution in [0.4, 0.5) is 26.3 Å². The van der Waals surface area contributed by atoms with E-state index in [2.05, 4.69) is 9.47 Å². The van der Waals surface area contributed by atoms with Crippen LogP contribution < -0.4 is 9.47 Å². The molecule has 0 saturated heterocycles. The van der Waals surface area contributed by atoms with E-state index in [1.807, 2.05) is 0 Å². The lowest BCUT2D eigenvalue weighted by atomic mass is 10.0. The fourth-order valence-corrected chi connectivity index (χ4v) is 2.01. The third-order valence-electron chi connectivity index (χ3n) is 2.89. The maximum atomic E-state index is 12.2. The number of Topliss-reactive ketones (excluding diaryl/α,β-unsaturated/α-hetero) is 1. The first kappa shape index (κ1) is 18.6. The third-order valence-corrected chi connectivity index (χ3v) is 2.89. The van der Waals surface area contributed by atoms with Gasteiger partial charge in [0.15, 0.2) is 5.78 Å². The first-order chi connectivity index (χ1) is 11.5. The standard InChI is InChI=1S/C16H10F6O3/c17-15(18,19)24-12-5-1-3-10(7-12)8-14(23)11-4-2-6-13(9-11)25-16(20,21)22/h1-7,9H,8H2. The maximum Gasteiger partial charge on any atom is 0.573 e. The molecule has 3 nitrogen and oxygen atoms in total. The Morgan fingerprint density at radius 2 is 1.32 bits per heavy atom. The summed E-state index contributed by atoms with van der Waals surface area (Å²) in [4.78, 5) is 12.1. The second-order valence-electron chi connectivity index (χ2n) is 4.87. The summed E-state index contributed by atoms with van der Waals surface area (Å²) in [5.74, 6) is -1.64. The second-order valence-corrected chi connectivity index (χ2v) is 4.87. The zero-order valence-corrected chi connectivity index (χ0v) is 12.3. The number of rotatable bonds is 5. The normalized spacial score (nSPS) is 11.9. The highest BCUT2D eigenvalue weighted by Crippen LogP contribution is 2.25. The summed E-state index contributed by atoms with van der Waals surface area (Å²) in [6, 6.07) is 9.19. The number of ether oxygens (including phenoxy) is 2. The van der Waals surface area contributed by atoms with Gasteiger partial charge in [-0.1, -0.05) is 24.3 Å². The summed E-state index contributed by atoms with van der Waals surface area (Å²) in [7, 11) is 0. The number of carbonyl (C=O) groups excluding carboxylic acids is 1. The summed E-state index contributed by atoms with van der Waals surface area (Å²) in [5.41, 5.74) is 0.151. The van der Waals surface area contributed by atoms with Gasteiger partial charge in [0.25, 0.3) is 0 Å². The largest absolute Gasteiger partial charge is 0.573 e. The van der Waals surface area contributed by atoms with Crippen molar-refractivity contribution >= 4 is 5.78 Å². The van der Waals surface area contributed by atoms with Crippen molar-refractivity contribution in [3.63, 3.8) is 0 Å². The summed E-state index contributed by atoms with van der Waals surface area (Å²) in [5, 5.41) is 0. The molecule has 2 aromatic carbocycles. The Kier molecular flexibility index (Phi) is 5.24. The van der Waals surface area contributed by atoms with Gasteiger partial charge in [-0.15, -0.1) is 26.3 Å². The third kappa shape index (κ3) is 6.36. The van der Waals surface area contributed by atoms with Gasteiger partial charge in [-0.3, -0.25) is 4.79 Å². The molecule has 2 rings (SSSR count). The van der Waals surface area contributed by atoms with E-state index in [1.54, 1.807) is 0 Å². The smallest absolute Gasteiger partial charge is 0.406 e. The summed E-state index contributed by atoms with van der Waals surface area (Å²) in [6.45, 7) is 0. The topological polar surface area (TPSA) is 35.5 Å². The molecule has 0 aliphatic heterocycles. The highest BCUT2D eigenvalue weighted by molar-refractivity contribution is 5.97. The molecule has 0 radical (unpaired) electrons. The molecular formula is C16H10F6O3. The van der Waals surface area contributed by atoms with Crippen molar-refractivity contribution in [3.05, 3.63) is 59.7 Å². The summed E-state index contributed by atoms with van der Waals surface area (Å²) in [6.07, 6.45) is -10.1. The number of carbonyl (C=O) groups is 1. The highest BCUT2D eigenvalue weighted by Gasteiger charge is 2.32. The van der Waals surface area contributed by atoms with Gasteiger partial charge in [-0.05, 0) is 29.8 Å². The van der Waals surface area contributed by atoms with Crippen LogP contribution >= 0.6 is 0 Å². The van der Waals surface area contributed by atoms with Gasteiger partial charge in [0.2, 0.25) is 0 Å². The van der Waals surface area contributed by atoms with Gasteiger partial charge in [-0.25, -0.2) is 0 Å². The van der Waals surface area contributed by atoms with Crippen LogP contribution in [-0.2, 0) is 6.42 Å². The molecule has 0 aromatic heterocycles. The van der Waals surface area contributed by atoms with Gasteiger partial charge >= 0.3 is 12.7 Å². The van der Waals surface area contributed by atoms with E-state index in [0.717, 1.165) is 24.3 Å². The first-order valence-corrected chi connectivity index (χ1v) is 6.75. The molecule has 0 atom stereocenters. The zero-order chi connectivity index (χ0) is 18.7. The quantitative estimate of drug-likeness (QED) is 0.559. The Morgan fingerprint density at radius 3 is 1.88 bits per heavy atom. The minimum absolute atomic E-state index is 0.0658. The van der Waals surface area contributed by atoms with E-state index in [-0.39, 0.29) is 17.5 Å². The van der Waals surface area contributed by atoms with Crippen molar-refractivity contribution in [3.8, 4) is 11.5 Å². The van der Waals surface area contributed by atoms with Crippen LogP contribution in [-0.4, -0.2) is 18.5 Å². The molecular weight excluding hydrogens is 354 g/mol. The molecule has 0 saturated carbocycles. The molecule has 2 aromatic rings. The van der Waals surface area contributed by atoms with Crippen molar-refractivity contribution < 1.29 is 40.6 Å². The van der Waals surface area contributed by atoms with Crippen LogP contribution in [0.5, 0.6) is 11.5 Å². The van der Waals surface area contributed by atoms with E-state index in [9.17, 15) is 31.1 Å². The SMILES string of the molecule is O=C(Cc1cccc(OC(F)(F)F)c1)c1cccc(OC(F)(F)F)c1. The van der Waals surface area contributed by atoms with Crippen LogP contribution in [0, 0.1) is 0 Å². The first-order valence-electron chi connectivity index (χ1n) is 6.75. The molecule has 0 bridgehead atoms. The predicted molar refractivity (Wildman–Crippen MR) is 74.3 cm³/mol. The summed E-state index contributed by atoms with van der Waals surface area (Å²) >= 11 is 0. The number of ketones is 1. The highest BCUT2D eigenvalue weighted by atomic mass is 19.4. The predicted octanol–water partition coefficient (Wildman–Crippen LogP) is 4.91. The Hall–Kier alpha value is -2.71. The van der Waals surface area contributed by atoms with Crippen molar-refractivity contribution in [2.75, 3.05) is 0 Å². The molecule has 134 valence electrons. The molecule has 9 heteroatoms. The average molecular weight is 364 g/mol. The van der Waals surface area contributed by atoms with Crippen molar-refractivity contribution in [2.24, 2.45) is 0 Å². The lowest BCUT2D eigenvalue weighted by Crippen LogP contribution is -2.17. The van der Waals surface area contributed by atoms with Gasteiger partial charge < -0.3 is 9.47 Å². The monoisotopic (exact) mass is 364 g/mol. The zero-order valence-electron chi connectivity index (χ0n) is 12.3. The van der Waals surface area contributed by atoms with Crippen LogP contribution in [0.15, 0.2) is 48.5 Å². The number of benzene rings is 2. The van der Waals surface area contributed by atoms with E-state index in [0.29, 0.717) is 0 Å². The lowest BCUT2D eigenvalue weighted by Gasteiger charge is -2.11. The van der Waals surface area contributed by atoms with Crippen molar-refractivity contribution in [1.29, 1.82) is 0 Å². The van der Waals surface area contributed by atoms with E-state index < -0.39 is 30.0 Å². The molecule has 25 heavy (non-hydrogen) atoms. The van der Waals surface area contributed by atoms with Crippen LogP contribution in [0.25, 0.3) is 0 Å². The molecule has 0 amide bonds. The molecule has 0 heterocycles. The number of hydrogen-bond donors (Lipinski definition) is 0. The molecule has 0 unspecified atom stereocenters. The maximum absolute atomic E-state index is 12.2. The van der Waals surface area contributed by atoms with E-state index >= 15 is 0 Å². The van der Waals surface area contributed by atoms with Crippen LogP contribution in [0.3, 0.4) is 0 Å². The lowest BCUT2D eigenvalue weighted by molar-refractivity contribution is -0.275. The van der Waals surface area contributed by atoms with Crippen molar-refractivity contribution in [2.45, 2.75) is 19.1 Å². The van der Waals surface area contributed by atoms with E-state index in [4.69, 9.17) is 0 Å². The molecule has 0 fully saturated rings. The Labute approximate surface area is 137 Å². The van der Waals surface area contributed by atoms with Gasteiger partial charge in [0.1, 0.15) is 11.5 Å². The number of halogens is 6. The Bertz CT molecular complexity index is 752. The van der Waals surface area contributed by atoms with Crippen molar-refractivity contribution in [1.82, 2.24) is 0 Å². The minimum atomic E-state index is -4.90. The van der Waals surface area contributed by atoms with Gasteiger partial charge in [0.05, 0.1) is 0 Å². The second kappa shape index (κ2) is 7.04. The fourth-order valence-electron chi connectivity index (χ4n) is 2.01. The fraction of sp³-hybridized carbons (Fsp3) is 0.188. The van der Waals surface area contributed by atoms with Gasteiger partial charge in [0, 0.05) is 12.0 Å². The van der Waals surface area contributed by atoms with Crippen LogP contribution in [0.1, 0.15) is 15.9 Å². The average Bonchev–Trinajstić information content (AvgIpc) is 2.44. The minimum Gasteiger partial charge on any atom is -0.406 e. The van der Waals surface area contributed by atoms with E-state index in [1.165, 1.54) is 24.3 Å². The Balaban J connectivity index is 2.12. The molecule has 0 N–H and O–H groups in total. The Morgan fingerprint density at radius 1 is 0.800 bits per heavy atom. The van der Waals surface area contributed by atoms with Crippen LogP contribution in [0.2, 0.25) is 0 Å². The van der Waals surface area contributed by atoms with Gasteiger partial charge in [-0.2, -0.15) is 0 Å². The molecule has 0 aliphatic rings. The molecule has 0 spiro atoms. The summed E-state index contributed by atoms with van der Waals surface area (Å²) < 4.78 is 80.6. The molecule has 0 aliphatic carbocycles. The number of alkyl halides is 6. The number of hydrogen-bond acceptors (Lipinski definition) is 3.